The molecule has 0 atom stereocenters. The van der Waals surface area contributed by atoms with Crippen molar-refractivity contribution in [1.29, 1.82) is 0 Å². The van der Waals surface area contributed by atoms with Gasteiger partial charge < -0.3 is 18.9 Å². The second-order valence-electron chi connectivity index (χ2n) is 13.2. The van der Waals surface area contributed by atoms with Gasteiger partial charge in [-0.05, 0) is 99.2 Å². The van der Waals surface area contributed by atoms with E-state index in [1.165, 1.54) is 64.1 Å². The highest BCUT2D eigenvalue weighted by Crippen LogP contribution is 2.43. The first-order chi connectivity index (χ1) is 25.4. The van der Waals surface area contributed by atoms with Crippen LogP contribution in [0.2, 0.25) is 0 Å². The highest BCUT2D eigenvalue weighted by Gasteiger charge is 2.24. The summed E-state index contributed by atoms with van der Waals surface area (Å²) in [5.74, 6) is 3.97. The maximum absolute atomic E-state index is 6.75. The monoisotopic (exact) mass is 776 g/mol. The lowest BCUT2D eigenvalue weighted by Gasteiger charge is -2.24. The van der Waals surface area contributed by atoms with Crippen molar-refractivity contribution in [3.63, 3.8) is 0 Å². The van der Waals surface area contributed by atoms with Crippen molar-refractivity contribution in [2.45, 2.75) is 98.6 Å². The van der Waals surface area contributed by atoms with E-state index in [2.05, 4.69) is 101 Å². The zero-order chi connectivity index (χ0) is 37.0. The number of hydrogen-bond acceptors (Lipinski definition) is 8. The summed E-state index contributed by atoms with van der Waals surface area (Å²) in [5.41, 5.74) is 9.58. The molecular formula is C44H56O4S4. The van der Waals surface area contributed by atoms with Gasteiger partial charge in [-0.25, -0.2) is 0 Å². The quantitative estimate of drug-likeness (QED) is 0.0917. The zero-order valence-corrected chi connectivity index (χ0v) is 35.6. The highest BCUT2D eigenvalue weighted by atomic mass is 32.2. The maximum atomic E-state index is 6.75. The van der Waals surface area contributed by atoms with E-state index in [9.17, 15) is 0 Å². The molecule has 0 amide bonds. The van der Waals surface area contributed by atoms with Gasteiger partial charge in [0.1, 0.15) is 23.0 Å². The fourth-order valence-electron chi connectivity index (χ4n) is 6.79. The van der Waals surface area contributed by atoms with E-state index < -0.39 is 0 Å². The second-order valence-corrected chi connectivity index (χ2v) is 16.7. The Balaban J connectivity index is 1.89. The van der Waals surface area contributed by atoms with Crippen LogP contribution in [-0.4, -0.2) is 51.5 Å². The Labute approximate surface area is 330 Å². The summed E-state index contributed by atoms with van der Waals surface area (Å²) in [6, 6.07) is 18.7. The Kier molecular flexibility index (Phi) is 15.8. The molecule has 0 fully saturated rings. The average molecular weight is 777 g/mol. The lowest BCUT2D eigenvalue weighted by molar-refractivity contribution is 0.304. The highest BCUT2D eigenvalue weighted by molar-refractivity contribution is 7.99. The Morgan fingerprint density at radius 1 is 0.346 bits per heavy atom. The summed E-state index contributed by atoms with van der Waals surface area (Å²) >= 11 is 7.15. The van der Waals surface area contributed by atoms with Crippen LogP contribution in [0.1, 0.15) is 97.9 Å². The van der Waals surface area contributed by atoms with Crippen LogP contribution in [0.15, 0.2) is 68.1 Å². The fraction of sp³-hybridized carbons (Fsp3) is 0.455. The van der Waals surface area contributed by atoms with Gasteiger partial charge in [-0.2, -0.15) is 0 Å². The van der Waals surface area contributed by atoms with Crippen LogP contribution in [0.4, 0.5) is 0 Å². The minimum atomic E-state index is 0.663. The summed E-state index contributed by atoms with van der Waals surface area (Å²) < 4.78 is 27.0. The number of hydrogen-bond donors (Lipinski definition) is 0. The van der Waals surface area contributed by atoms with Gasteiger partial charge >= 0.3 is 0 Å². The molecule has 0 saturated carbocycles. The molecule has 0 aliphatic heterocycles. The van der Waals surface area contributed by atoms with Crippen molar-refractivity contribution < 1.29 is 18.9 Å². The van der Waals surface area contributed by atoms with Gasteiger partial charge in [0.25, 0.3) is 0 Å². The molecule has 5 rings (SSSR count). The molecule has 8 bridgehead atoms. The van der Waals surface area contributed by atoms with Gasteiger partial charge in [0, 0.05) is 89.8 Å². The van der Waals surface area contributed by atoms with E-state index in [0.717, 1.165) is 48.7 Å². The number of thioether (sulfide) groups is 4. The van der Waals surface area contributed by atoms with Gasteiger partial charge in [0.05, 0.1) is 26.4 Å². The third-order valence-corrected chi connectivity index (χ3v) is 12.0. The van der Waals surface area contributed by atoms with Gasteiger partial charge in [-0.3, -0.25) is 0 Å². The van der Waals surface area contributed by atoms with Crippen LogP contribution < -0.4 is 18.9 Å². The van der Waals surface area contributed by atoms with Crippen LogP contribution in [-0.2, 0) is 25.7 Å². The van der Waals surface area contributed by atoms with Crippen LogP contribution >= 0.6 is 47.0 Å². The summed E-state index contributed by atoms with van der Waals surface area (Å²) in [4.78, 5) is 4.95. The van der Waals surface area contributed by atoms with Crippen LogP contribution in [0.3, 0.4) is 0 Å². The molecule has 0 aromatic heterocycles. The first kappa shape index (κ1) is 40.7. The molecular weight excluding hydrogens is 721 g/mol. The second kappa shape index (κ2) is 20.2. The Bertz CT molecular complexity index is 1450. The van der Waals surface area contributed by atoms with Crippen molar-refractivity contribution in [3.8, 4) is 23.0 Å². The van der Waals surface area contributed by atoms with E-state index >= 15 is 0 Å². The zero-order valence-electron chi connectivity index (χ0n) is 32.4. The van der Waals surface area contributed by atoms with Crippen molar-refractivity contribution in [1.82, 2.24) is 0 Å². The first-order valence-electron chi connectivity index (χ1n) is 18.7. The molecule has 52 heavy (non-hydrogen) atoms. The van der Waals surface area contributed by atoms with E-state index in [0.29, 0.717) is 52.1 Å². The molecule has 0 unspecified atom stereocenters. The van der Waals surface area contributed by atoms with Gasteiger partial charge in [-0.1, -0.05) is 27.7 Å². The maximum Gasteiger partial charge on any atom is 0.126 e. The van der Waals surface area contributed by atoms with Crippen LogP contribution in [0.25, 0.3) is 0 Å². The topological polar surface area (TPSA) is 36.9 Å². The molecule has 4 aromatic rings. The standard InChI is InChI=1S/C44H56O4S4/c1-9-13-45-41-29-17-31-23-38(50-6)25-33(42(31)46-14-10-2)19-35-27-40(52-8)28-36(44(35)48-16-12-4)20-34-26-39(51-7)24-32(43(34)47-15-11-3)18-30(41)22-37(21-29)49-5/h21-28H,9-20H2,1-8H3. The number of ether oxygens (including phenoxy) is 4. The molecule has 1 aliphatic carbocycles. The van der Waals surface area contributed by atoms with Crippen LogP contribution in [0, 0.1) is 0 Å². The van der Waals surface area contributed by atoms with Gasteiger partial charge in [0.2, 0.25) is 0 Å². The molecule has 0 spiro atoms. The molecule has 4 nitrogen and oxygen atoms in total. The molecule has 0 saturated heterocycles. The predicted octanol–water partition coefficient (Wildman–Crippen LogP) is 12.4. The Morgan fingerprint density at radius 3 is 0.654 bits per heavy atom. The summed E-state index contributed by atoms with van der Waals surface area (Å²) in [6.45, 7) is 11.4. The van der Waals surface area contributed by atoms with E-state index in [4.69, 9.17) is 18.9 Å². The van der Waals surface area contributed by atoms with E-state index in [1.54, 1.807) is 47.0 Å². The molecule has 8 heteroatoms. The van der Waals surface area contributed by atoms with Crippen molar-refractivity contribution in [2.75, 3.05) is 51.5 Å². The molecule has 280 valence electrons. The Morgan fingerprint density at radius 2 is 0.519 bits per heavy atom. The molecule has 4 aromatic carbocycles. The average Bonchev–Trinajstić information content (AvgIpc) is 3.15. The molecule has 0 heterocycles. The number of fused-ring (bicyclic) bond motifs is 8. The smallest absolute Gasteiger partial charge is 0.126 e. The number of rotatable bonds is 16. The van der Waals surface area contributed by atoms with Crippen molar-refractivity contribution in [3.05, 3.63) is 93.0 Å². The molecule has 0 N–H and O–H groups in total. The minimum Gasteiger partial charge on any atom is -0.493 e. The van der Waals surface area contributed by atoms with E-state index in [-0.39, 0.29) is 0 Å². The predicted molar refractivity (Wildman–Crippen MR) is 227 cm³/mol. The normalized spacial score (nSPS) is 12.5. The van der Waals surface area contributed by atoms with Crippen LogP contribution in [0.5, 0.6) is 23.0 Å². The lowest BCUT2D eigenvalue weighted by Crippen LogP contribution is -2.11. The molecule has 0 radical (unpaired) electrons. The summed E-state index contributed by atoms with van der Waals surface area (Å²) in [6.07, 6.45) is 15.3. The minimum absolute atomic E-state index is 0.663. The number of benzene rings is 4. The third kappa shape index (κ3) is 9.96. The first-order valence-corrected chi connectivity index (χ1v) is 23.6. The lowest BCUT2D eigenvalue weighted by atomic mass is 9.91. The van der Waals surface area contributed by atoms with Gasteiger partial charge in [-0.15, -0.1) is 47.0 Å². The summed E-state index contributed by atoms with van der Waals surface area (Å²) in [7, 11) is 0. The largest absolute Gasteiger partial charge is 0.493 e. The fourth-order valence-corrected chi connectivity index (χ4v) is 8.87. The van der Waals surface area contributed by atoms with Crippen molar-refractivity contribution >= 4 is 47.0 Å². The molecule has 1 aliphatic rings. The van der Waals surface area contributed by atoms with E-state index in [1.807, 2.05) is 0 Å². The van der Waals surface area contributed by atoms with Gasteiger partial charge in [0.15, 0.2) is 0 Å². The third-order valence-electron chi connectivity index (χ3n) is 9.13. The SMILES string of the molecule is CCCOc1c2cc(SC)cc1Cc1cc(SC)cc(c1OCCC)Cc1cc(SC)cc(c1OCCC)Cc1cc(SC)cc(c1OCCC)C2. The van der Waals surface area contributed by atoms with Crippen molar-refractivity contribution in [2.24, 2.45) is 0 Å². The summed E-state index contributed by atoms with van der Waals surface area (Å²) in [5, 5.41) is 0. The Hall–Kier alpha value is -2.52.